The molecule has 29 heavy (non-hydrogen) atoms. The van der Waals surface area contributed by atoms with Gasteiger partial charge in [0.05, 0.1) is 20.3 Å². The number of carbonyl (C=O) groups is 2. The van der Waals surface area contributed by atoms with Crippen molar-refractivity contribution in [3.05, 3.63) is 36.0 Å². The van der Waals surface area contributed by atoms with Gasteiger partial charge in [-0.1, -0.05) is 5.16 Å². The zero-order valence-electron chi connectivity index (χ0n) is 16.5. The molecule has 2 aromatic rings. The third-order valence-corrected chi connectivity index (χ3v) is 5.28. The topological polar surface area (TPSA) is 85.1 Å². The molecule has 0 radical (unpaired) electrons. The van der Waals surface area contributed by atoms with E-state index in [9.17, 15) is 9.59 Å². The number of morpholine rings is 1. The lowest BCUT2D eigenvalue weighted by Crippen LogP contribution is -2.43. The number of benzene rings is 1. The van der Waals surface area contributed by atoms with Crippen LogP contribution in [0.5, 0.6) is 5.75 Å². The first-order valence-electron chi connectivity index (χ1n) is 9.93. The number of rotatable bonds is 7. The number of hydrogen-bond donors (Lipinski definition) is 0. The monoisotopic (exact) mass is 399 g/mol. The Hall–Kier alpha value is -2.87. The number of carbonyl (C=O) groups excluding carboxylic acids is 2. The predicted octanol–water partition coefficient (Wildman–Crippen LogP) is 2.20. The zero-order valence-corrected chi connectivity index (χ0v) is 16.5. The molecule has 1 saturated carbocycles. The predicted molar refractivity (Wildman–Crippen MR) is 105 cm³/mol. The van der Waals surface area contributed by atoms with E-state index in [2.05, 4.69) is 5.16 Å². The molecule has 0 N–H and O–H groups in total. The van der Waals surface area contributed by atoms with Crippen molar-refractivity contribution >= 4 is 11.8 Å². The van der Waals surface area contributed by atoms with Crippen LogP contribution in [0.25, 0.3) is 11.3 Å². The summed E-state index contributed by atoms with van der Waals surface area (Å²) < 4.78 is 15.8. The van der Waals surface area contributed by atoms with Crippen LogP contribution < -0.4 is 4.74 Å². The molecular weight excluding hydrogens is 374 g/mol. The highest BCUT2D eigenvalue weighted by Gasteiger charge is 2.35. The van der Waals surface area contributed by atoms with Crippen LogP contribution in [0.3, 0.4) is 0 Å². The van der Waals surface area contributed by atoms with Crippen LogP contribution in [0.4, 0.5) is 0 Å². The first-order chi connectivity index (χ1) is 14.2. The van der Waals surface area contributed by atoms with Crippen molar-refractivity contribution in [3.8, 4) is 17.1 Å². The second-order valence-corrected chi connectivity index (χ2v) is 7.28. The van der Waals surface area contributed by atoms with Gasteiger partial charge in [0, 0.05) is 43.7 Å². The molecule has 2 aliphatic rings. The lowest BCUT2D eigenvalue weighted by molar-refractivity contribution is -0.135. The Morgan fingerprint density at radius 1 is 1.21 bits per heavy atom. The maximum absolute atomic E-state index is 13.0. The van der Waals surface area contributed by atoms with Crippen LogP contribution in [-0.2, 0) is 9.53 Å². The fraction of sp³-hybridized carbons (Fsp3) is 0.476. The van der Waals surface area contributed by atoms with Crippen molar-refractivity contribution in [2.24, 2.45) is 0 Å². The van der Waals surface area contributed by atoms with E-state index in [1.54, 1.807) is 23.0 Å². The van der Waals surface area contributed by atoms with Gasteiger partial charge >= 0.3 is 0 Å². The number of amides is 2. The minimum Gasteiger partial charge on any atom is -0.497 e. The summed E-state index contributed by atoms with van der Waals surface area (Å²) in [4.78, 5) is 29.0. The highest BCUT2D eigenvalue weighted by Crippen LogP contribution is 2.29. The van der Waals surface area contributed by atoms with Crippen LogP contribution in [0.1, 0.15) is 29.8 Å². The van der Waals surface area contributed by atoms with Gasteiger partial charge < -0.3 is 23.8 Å². The molecule has 2 amide bonds. The summed E-state index contributed by atoms with van der Waals surface area (Å²) in [6.07, 6.45) is 2.23. The largest absolute Gasteiger partial charge is 0.497 e. The number of nitrogens with zero attached hydrogens (tertiary/aromatic N) is 3. The first kappa shape index (κ1) is 19.4. The van der Waals surface area contributed by atoms with Gasteiger partial charge in [-0.2, -0.15) is 0 Å². The molecule has 2 fully saturated rings. The number of methoxy groups -OCH3 is 1. The molecular formula is C21H25N3O5. The van der Waals surface area contributed by atoms with Gasteiger partial charge in [-0.25, -0.2) is 0 Å². The third-order valence-electron chi connectivity index (χ3n) is 5.28. The highest BCUT2D eigenvalue weighted by atomic mass is 16.5. The summed E-state index contributed by atoms with van der Waals surface area (Å²) >= 11 is 0. The van der Waals surface area contributed by atoms with Crippen LogP contribution in [0.2, 0.25) is 0 Å². The number of ether oxygens (including phenoxy) is 2. The van der Waals surface area contributed by atoms with Crippen molar-refractivity contribution in [1.29, 1.82) is 0 Å². The fourth-order valence-electron chi connectivity index (χ4n) is 3.44. The van der Waals surface area contributed by atoms with Gasteiger partial charge in [0.2, 0.25) is 5.91 Å². The van der Waals surface area contributed by atoms with Crippen LogP contribution >= 0.6 is 0 Å². The third kappa shape index (κ3) is 4.59. The molecule has 8 nitrogen and oxygen atoms in total. The van der Waals surface area contributed by atoms with Crippen molar-refractivity contribution in [2.75, 3.05) is 40.0 Å². The Bertz CT molecular complexity index is 853. The molecule has 0 bridgehead atoms. The van der Waals surface area contributed by atoms with Crippen LogP contribution in [-0.4, -0.2) is 72.8 Å². The molecule has 2 heterocycles. The van der Waals surface area contributed by atoms with E-state index in [0.717, 1.165) is 24.2 Å². The van der Waals surface area contributed by atoms with Gasteiger partial charge in [0.25, 0.3) is 5.91 Å². The Morgan fingerprint density at radius 2 is 1.93 bits per heavy atom. The second kappa shape index (κ2) is 8.65. The van der Waals surface area contributed by atoms with Crippen LogP contribution in [0.15, 0.2) is 34.9 Å². The summed E-state index contributed by atoms with van der Waals surface area (Å²) in [6, 6.07) is 9.20. The molecule has 1 aromatic heterocycles. The first-order valence-corrected chi connectivity index (χ1v) is 9.93. The summed E-state index contributed by atoms with van der Waals surface area (Å²) in [5.41, 5.74) is 1.08. The Kier molecular flexibility index (Phi) is 5.80. The minimum absolute atomic E-state index is 0.0609. The van der Waals surface area contributed by atoms with Crippen molar-refractivity contribution in [3.63, 3.8) is 0 Å². The molecule has 154 valence electrons. The SMILES string of the molecule is COc1ccc(-c2cc(C(=O)N(CCC(=O)N3CCOCC3)C3CC3)no2)cc1. The molecule has 1 aliphatic carbocycles. The van der Waals surface area contributed by atoms with Gasteiger partial charge in [0.1, 0.15) is 5.75 Å². The number of aromatic nitrogens is 1. The van der Waals surface area contributed by atoms with E-state index in [-0.39, 0.29) is 23.6 Å². The minimum atomic E-state index is -0.189. The quantitative estimate of drug-likeness (QED) is 0.710. The molecule has 0 atom stereocenters. The average molecular weight is 399 g/mol. The highest BCUT2D eigenvalue weighted by molar-refractivity contribution is 5.94. The molecule has 1 aromatic carbocycles. The van der Waals surface area contributed by atoms with Crippen molar-refractivity contribution < 1.29 is 23.6 Å². The van der Waals surface area contributed by atoms with E-state index in [1.165, 1.54) is 0 Å². The number of hydrogen-bond acceptors (Lipinski definition) is 6. The lowest BCUT2D eigenvalue weighted by atomic mass is 10.1. The Balaban J connectivity index is 1.40. The van der Waals surface area contributed by atoms with E-state index in [4.69, 9.17) is 14.0 Å². The van der Waals surface area contributed by atoms with E-state index in [1.807, 2.05) is 24.3 Å². The van der Waals surface area contributed by atoms with Gasteiger partial charge in [-0.05, 0) is 37.1 Å². The average Bonchev–Trinajstić information content (AvgIpc) is 3.49. The zero-order chi connectivity index (χ0) is 20.2. The summed E-state index contributed by atoms with van der Waals surface area (Å²) in [6.45, 7) is 2.77. The summed E-state index contributed by atoms with van der Waals surface area (Å²) in [5.74, 6) is 1.14. The maximum Gasteiger partial charge on any atom is 0.276 e. The van der Waals surface area contributed by atoms with E-state index >= 15 is 0 Å². The Morgan fingerprint density at radius 3 is 2.59 bits per heavy atom. The van der Waals surface area contributed by atoms with Gasteiger partial charge in [0.15, 0.2) is 11.5 Å². The molecule has 0 unspecified atom stereocenters. The Labute approximate surface area is 169 Å². The van der Waals surface area contributed by atoms with E-state index < -0.39 is 0 Å². The molecule has 1 aliphatic heterocycles. The molecule has 1 saturated heterocycles. The molecule has 8 heteroatoms. The van der Waals surface area contributed by atoms with Crippen LogP contribution in [0, 0.1) is 0 Å². The fourth-order valence-corrected chi connectivity index (χ4v) is 3.44. The second-order valence-electron chi connectivity index (χ2n) is 7.28. The van der Waals surface area contributed by atoms with Crippen molar-refractivity contribution in [1.82, 2.24) is 15.0 Å². The summed E-state index contributed by atoms with van der Waals surface area (Å²) in [5, 5.41) is 3.97. The van der Waals surface area contributed by atoms with E-state index in [0.29, 0.717) is 45.0 Å². The van der Waals surface area contributed by atoms with Gasteiger partial charge in [-0.15, -0.1) is 0 Å². The van der Waals surface area contributed by atoms with Gasteiger partial charge in [-0.3, -0.25) is 9.59 Å². The molecule has 0 spiro atoms. The standard InChI is InChI=1S/C21H25N3O5/c1-27-17-6-2-15(3-7-17)19-14-18(22-29-19)21(26)24(16-4-5-16)9-8-20(25)23-10-12-28-13-11-23/h2-3,6-7,14,16H,4-5,8-13H2,1H3. The molecule has 4 rings (SSSR count). The van der Waals surface area contributed by atoms with Crippen molar-refractivity contribution in [2.45, 2.75) is 25.3 Å². The summed E-state index contributed by atoms with van der Waals surface area (Å²) in [7, 11) is 1.61. The maximum atomic E-state index is 13.0. The normalized spacial score (nSPS) is 16.5. The lowest BCUT2D eigenvalue weighted by Gasteiger charge is -2.28. The smallest absolute Gasteiger partial charge is 0.276 e.